The second-order valence-corrected chi connectivity index (χ2v) is 4.05. The quantitative estimate of drug-likeness (QED) is 0.732. The van der Waals surface area contributed by atoms with Crippen LogP contribution in [0.4, 0.5) is 11.4 Å². The first-order valence-corrected chi connectivity index (χ1v) is 5.32. The maximum atomic E-state index is 3.48. The van der Waals surface area contributed by atoms with Crippen LogP contribution in [0.1, 0.15) is 19.4 Å². The Hall–Kier alpha value is -1.18. The molecule has 1 unspecified atom stereocenters. The first-order valence-electron chi connectivity index (χ1n) is 5.32. The number of fused-ring (bicyclic) bond motifs is 1. The molecule has 0 aliphatic carbocycles. The van der Waals surface area contributed by atoms with Crippen molar-refractivity contribution in [1.29, 1.82) is 0 Å². The van der Waals surface area contributed by atoms with Crippen molar-refractivity contribution in [3.8, 4) is 0 Å². The lowest BCUT2D eigenvalue weighted by atomic mass is 10.1. The molecule has 76 valence electrons. The molecular weight excluding hydrogens is 172 g/mol. The smallest absolute Gasteiger partial charge is 0.0602 e. The van der Waals surface area contributed by atoms with Crippen LogP contribution >= 0.6 is 0 Å². The normalized spacial score (nSPS) is 20.2. The Morgan fingerprint density at radius 2 is 2.29 bits per heavy atom. The summed E-state index contributed by atoms with van der Waals surface area (Å²) in [4.78, 5) is 2.34. The molecule has 1 aliphatic rings. The van der Waals surface area contributed by atoms with Gasteiger partial charge < -0.3 is 10.2 Å². The van der Waals surface area contributed by atoms with Gasteiger partial charge in [-0.3, -0.25) is 0 Å². The highest BCUT2D eigenvalue weighted by molar-refractivity contribution is 5.73. The fourth-order valence-electron chi connectivity index (χ4n) is 1.88. The van der Waals surface area contributed by atoms with Gasteiger partial charge in [-0.05, 0) is 31.0 Å². The molecule has 2 heteroatoms. The van der Waals surface area contributed by atoms with E-state index in [1.807, 2.05) is 0 Å². The van der Waals surface area contributed by atoms with Crippen molar-refractivity contribution in [3.63, 3.8) is 0 Å². The van der Waals surface area contributed by atoms with Crippen LogP contribution in [0.2, 0.25) is 0 Å². The summed E-state index contributed by atoms with van der Waals surface area (Å²) in [5.41, 5.74) is 4.00. The van der Waals surface area contributed by atoms with Crippen LogP contribution < -0.4 is 10.2 Å². The number of anilines is 2. The standard InChI is InChI=1S/C12H18N2/c1-4-10-5-6-12-11(7-10)13-8-9(2)14(12)3/h5-7,9,13H,4,8H2,1-3H3. The topological polar surface area (TPSA) is 15.3 Å². The average molecular weight is 190 g/mol. The largest absolute Gasteiger partial charge is 0.381 e. The van der Waals surface area contributed by atoms with Gasteiger partial charge in [0, 0.05) is 19.6 Å². The van der Waals surface area contributed by atoms with Crippen LogP contribution in [0, 0.1) is 0 Å². The highest BCUT2D eigenvalue weighted by Crippen LogP contribution is 2.31. The molecule has 14 heavy (non-hydrogen) atoms. The Balaban J connectivity index is 2.38. The summed E-state index contributed by atoms with van der Waals surface area (Å²) in [6.45, 7) is 5.47. The van der Waals surface area contributed by atoms with Gasteiger partial charge in [-0.15, -0.1) is 0 Å². The van der Waals surface area contributed by atoms with Crippen molar-refractivity contribution in [3.05, 3.63) is 23.8 Å². The molecule has 0 aromatic heterocycles. The van der Waals surface area contributed by atoms with Gasteiger partial charge in [0.25, 0.3) is 0 Å². The maximum absolute atomic E-state index is 3.48. The molecule has 0 saturated carbocycles. The number of hydrogen-bond acceptors (Lipinski definition) is 2. The molecule has 0 radical (unpaired) electrons. The first kappa shape index (κ1) is 9.38. The minimum absolute atomic E-state index is 0.579. The van der Waals surface area contributed by atoms with Crippen molar-refractivity contribution in [1.82, 2.24) is 0 Å². The van der Waals surface area contributed by atoms with Crippen molar-refractivity contribution in [2.75, 3.05) is 23.8 Å². The first-order chi connectivity index (χ1) is 6.72. The van der Waals surface area contributed by atoms with Gasteiger partial charge in [0.15, 0.2) is 0 Å². The van der Waals surface area contributed by atoms with Gasteiger partial charge in [-0.1, -0.05) is 13.0 Å². The van der Waals surface area contributed by atoms with Crippen LogP contribution in [0.25, 0.3) is 0 Å². The predicted octanol–water partition coefficient (Wildman–Crippen LogP) is 2.50. The van der Waals surface area contributed by atoms with Gasteiger partial charge in [-0.2, -0.15) is 0 Å². The minimum Gasteiger partial charge on any atom is -0.381 e. The van der Waals surface area contributed by atoms with Gasteiger partial charge in [-0.25, -0.2) is 0 Å². The van der Waals surface area contributed by atoms with Crippen molar-refractivity contribution >= 4 is 11.4 Å². The van der Waals surface area contributed by atoms with Crippen LogP contribution in [0.3, 0.4) is 0 Å². The zero-order valence-corrected chi connectivity index (χ0v) is 9.17. The van der Waals surface area contributed by atoms with E-state index >= 15 is 0 Å². The van der Waals surface area contributed by atoms with Gasteiger partial charge >= 0.3 is 0 Å². The van der Waals surface area contributed by atoms with Crippen LogP contribution in [-0.2, 0) is 6.42 Å². The second-order valence-electron chi connectivity index (χ2n) is 4.05. The average Bonchev–Trinajstić information content (AvgIpc) is 2.23. The third kappa shape index (κ3) is 1.45. The monoisotopic (exact) mass is 190 g/mol. The number of nitrogens with one attached hydrogen (secondary N) is 1. The zero-order chi connectivity index (χ0) is 10.1. The minimum atomic E-state index is 0.579. The fraction of sp³-hybridized carbons (Fsp3) is 0.500. The molecule has 1 aromatic carbocycles. The summed E-state index contributed by atoms with van der Waals surface area (Å²) in [5, 5.41) is 3.48. The molecule has 0 amide bonds. The molecule has 0 spiro atoms. The highest BCUT2D eigenvalue weighted by Gasteiger charge is 2.18. The summed E-state index contributed by atoms with van der Waals surface area (Å²) >= 11 is 0. The molecule has 2 rings (SSSR count). The molecule has 1 atom stereocenters. The Morgan fingerprint density at radius 1 is 1.50 bits per heavy atom. The Bertz CT molecular complexity index is 333. The maximum Gasteiger partial charge on any atom is 0.0602 e. The van der Waals surface area contributed by atoms with E-state index in [0.29, 0.717) is 6.04 Å². The molecule has 2 nitrogen and oxygen atoms in total. The van der Waals surface area contributed by atoms with E-state index in [2.05, 4.69) is 49.3 Å². The van der Waals surface area contributed by atoms with E-state index in [9.17, 15) is 0 Å². The van der Waals surface area contributed by atoms with Crippen molar-refractivity contribution in [2.45, 2.75) is 26.3 Å². The Morgan fingerprint density at radius 3 is 3.00 bits per heavy atom. The predicted molar refractivity (Wildman–Crippen MR) is 62.2 cm³/mol. The summed E-state index contributed by atoms with van der Waals surface area (Å²) < 4.78 is 0. The van der Waals surface area contributed by atoms with Crippen LogP contribution in [0.15, 0.2) is 18.2 Å². The third-order valence-corrected chi connectivity index (χ3v) is 3.10. The van der Waals surface area contributed by atoms with Gasteiger partial charge in [0.05, 0.1) is 11.4 Å². The molecule has 0 bridgehead atoms. The SMILES string of the molecule is CCc1ccc2c(c1)NCC(C)N2C. The summed E-state index contributed by atoms with van der Waals surface area (Å²) in [5.74, 6) is 0. The van der Waals surface area contributed by atoms with E-state index in [1.54, 1.807) is 0 Å². The van der Waals surface area contributed by atoms with E-state index in [-0.39, 0.29) is 0 Å². The lowest BCUT2D eigenvalue weighted by molar-refractivity contribution is 0.699. The summed E-state index contributed by atoms with van der Waals surface area (Å²) in [6.07, 6.45) is 1.11. The number of rotatable bonds is 1. The molecule has 0 saturated heterocycles. The molecule has 1 aromatic rings. The molecule has 0 fully saturated rings. The van der Waals surface area contributed by atoms with Crippen molar-refractivity contribution < 1.29 is 0 Å². The molecular formula is C12H18N2. The number of likely N-dealkylation sites (N-methyl/N-ethyl adjacent to an activating group) is 1. The molecule has 1 heterocycles. The fourth-order valence-corrected chi connectivity index (χ4v) is 1.88. The van der Waals surface area contributed by atoms with E-state index in [4.69, 9.17) is 0 Å². The Kier molecular flexibility index (Phi) is 2.36. The second kappa shape index (κ2) is 3.52. The van der Waals surface area contributed by atoms with Gasteiger partial charge in [0.1, 0.15) is 0 Å². The summed E-state index contributed by atoms with van der Waals surface area (Å²) in [7, 11) is 2.16. The highest BCUT2D eigenvalue weighted by atomic mass is 15.2. The van der Waals surface area contributed by atoms with Crippen LogP contribution in [0.5, 0.6) is 0 Å². The number of aryl methyl sites for hydroxylation is 1. The Labute approximate surface area is 85.9 Å². The van der Waals surface area contributed by atoms with Crippen LogP contribution in [-0.4, -0.2) is 19.6 Å². The van der Waals surface area contributed by atoms with Gasteiger partial charge in [0.2, 0.25) is 0 Å². The number of hydrogen-bond donors (Lipinski definition) is 1. The van der Waals surface area contributed by atoms with E-state index < -0.39 is 0 Å². The third-order valence-electron chi connectivity index (χ3n) is 3.10. The number of benzene rings is 1. The molecule has 1 N–H and O–H groups in total. The van der Waals surface area contributed by atoms with Crippen molar-refractivity contribution in [2.24, 2.45) is 0 Å². The van der Waals surface area contributed by atoms with E-state index in [0.717, 1.165) is 13.0 Å². The summed E-state index contributed by atoms with van der Waals surface area (Å²) in [6, 6.07) is 7.28. The van der Waals surface area contributed by atoms with E-state index in [1.165, 1.54) is 16.9 Å². The lowest BCUT2D eigenvalue weighted by Gasteiger charge is -2.34. The molecule has 1 aliphatic heterocycles. The zero-order valence-electron chi connectivity index (χ0n) is 9.17. The number of nitrogens with zero attached hydrogens (tertiary/aromatic N) is 1. The lowest BCUT2D eigenvalue weighted by Crippen LogP contribution is -2.39.